The van der Waals surface area contributed by atoms with Gasteiger partial charge in [0.2, 0.25) is 5.88 Å². The summed E-state index contributed by atoms with van der Waals surface area (Å²) in [7, 11) is 0. The molecule has 0 aliphatic rings. The molecule has 2 aromatic heterocycles. The van der Waals surface area contributed by atoms with E-state index in [1.807, 2.05) is 0 Å². The molecule has 0 aliphatic heterocycles. The molecule has 0 fully saturated rings. The number of fused-ring (bicyclic) bond motifs is 1. The number of ether oxygens (including phenoxy) is 1. The van der Waals surface area contributed by atoms with Crippen LogP contribution >= 0.6 is 15.9 Å². The smallest absolute Gasteiger partial charge is 0.339 e. The van der Waals surface area contributed by atoms with Gasteiger partial charge in [0.15, 0.2) is 0 Å². The quantitative estimate of drug-likeness (QED) is 0.782. The predicted octanol–water partition coefficient (Wildman–Crippen LogP) is 2.69. The summed E-state index contributed by atoms with van der Waals surface area (Å²) in [6, 6.07) is 6.42. The standard InChI is InChI=1S/C13H9BrN4O3/c1-7-4-11(18-13(17-7)15-6-16-18)21-10-3-2-8(14)5-9(10)12(19)20/h2-6H,1H3,(H,19,20). The van der Waals surface area contributed by atoms with E-state index in [4.69, 9.17) is 4.74 Å². The molecule has 1 aromatic carbocycles. The molecule has 0 spiro atoms. The third-order valence-corrected chi connectivity index (χ3v) is 3.23. The van der Waals surface area contributed by atoms with Crippen LogP contribution in [0.15, 0.2) is 35.1 Å². The molecule has 2 heterocycles. The van der Waals surface area contributed by atoms with Gasteiger partial charge in [0.05, 0.1) is 0 Å². The predicted molar refractivity (Wildman–Crippen MR) is 76.7 cm³/mol. The normalized spacial score (nSPS) is 10.8. The van der Waals surface area contributed by atoms with E-state index < -0.39 is 5.97 Å². The maximum absolute atomic E-state index is 11.3. The van der Waals surface area contributed by atoms with Crippen LogP contribution in [-0.4, -0.2) is 30.7 Å². The van der Waals surface area contributed by atoms with Crippen LogP contribution in [0.4, 0.5) is 0 Å². The van der Waals surface area contributed by atoms with Gasteiger partial charge in [0, 0.05) is 16.2 Å². The number of hydrogen-bond donors (Lipinski definition) is 1. The first kappa shape index (κ1) is 13.5. The molecule has 8 heteroatoms. The average Bonchev–Trinajstić information content (AvgIpc) is 2.88. The monoisotopic (exact) mass is 348 g/mol. The third-order valence-electron chi connectivity index (χ3n) is 2.73. The third kappa shape index (κ3) is 2.57. The molecule has 1 N–H and O–H groups in total. The molecule has 0 saturated heterocycles. The van der Waals surface area contributed by atoms with Gasteiger partial charge in [-0.3, -0.25) is 0 Å². The number of carbonyl (C=O) groups is 1. The van der Waals surface area contributed by atoms with Crippen LogP contribution in [0.5, 0.6) is 11.6 Å². The maximum atomic E-state index is 11.3. The summed E-state index contributed by atoms with van der Waals surface area (Å²) in [6.07, 6.45) is 1.36. The number of hydrogen-bond acceptors (Lipinski definition) is 5. The minimum atomic E-state index is -1.08. The number of aromatic carboxylic acids is 1. The van der Waals surface area contributed by atoms with Crippen molar-refractivity contribution in [3.8, 4) is 11.6 Å². The Bertz CT molecular complexity index is 847. The summed E-state index contributed by atoms with van der Waals surface area (Å²) in [4.78, 5) is 19.5. The van der Waals surface area contributed by atoms with Crippen LogP contribution < -0.4 is 4.74 Å². The lowest BCUT2D eigenvalue weighted by Gasteiger charge is -2.10. The number of carboxylic acids is 1. The average molecular weight is 349 g/mol. The van der Waals surface area contributed by atoms with Gasteiger partial charge < -0.3 is 9.84 Å². The SMILES string of the molecule is Cc1cc(Oc2ccc(Br)cc2C(=O)O)n2ncnc2n1. The van der Waals surface area contributed by atoms with Gasteiger partial charge in [-0.1, -0.05) is 15.9 Å². The van der Waals surface area contributed by atoms with Crippen LogP contribution in [0.25, 0.3) is 5.78 Å². The zero-order valence-corrected chi connectivity index (χ0v) is 12.4. The highest BCUT2D eigenvalue weighted by Crippen LogP contribution is 2.28. The van der Waals surface area contributed by atoms with E-state index in [1.165, 1.54) is 16.9 Å². The Kier molecular flexibility index (Phi) is 3.30. The second kappa shape index (κ2) is 5.13. The minimum Gasteiger partial charge on any atom is -0.478 e. The van der Waals surface area contributed by atoms with E-state index in [0.29, 0.717) is 21.8 Å². The fraction of sp³-hybridized carbons (Fsp3) is 0.0769. The number of carboxylic acid groups (broad SMARTS) is 1. The van der Waals surface area contributed by atoms with Gasteiger partial charge in [-0.15, -0.1) is 0 Å². The largest absolute Gasteiger partial charge is 0.478 e. The molecule has 0 saturated carbocycles. The van der Waals surface area contributed by atoms with Gasteiger partial charge in [-0.05, 0) is 25.1 Å². The zero-order valence-electron chi connectivity index (χ0n) is 10.8. The van der Waals surface area contributed by atoms with Crippen molar-refractivity contribution in [1.29, 1.82) is 0 Å². The van der Waals surface area contributed by atoms with Crippen LogP contribution in [0.1, 0.15) is 16.1 Å². The highest BCUT2D eigenvalue weighted by molar-refractivity contribution is 9.10. The minimum absolute atomic E-state index is 0.0482. The van der Waals surface area contributed by atoms with Crippen molar-refractivity contribution in [2.45, 2.75) is 6.92 Å². The highest BCUT2D eigenvalue weighted by atomic mass is 79.9. The van der Waals surface area contributed by atoms with Crippen molar-refractivity contribution < 1.29 is 14.6 Å². The van der Waals surface area contributed by atoms with E-state index in [1.54, 1.807) is 25.1 Å². The van der Waals surface area contributed by atoms with Crippen LogP contribution in [0.2, 0.25) is 0 Å². The van der Waals surface area contributed by atoms with Gasteiger partial charge >= 0.3 is 5.97 Å². The number of halogens is 1. The summed E-state index contributed by atoms with van der Waals surface area (Å²) in [5.41, 5.74) is 0.742. The molecular weight excluding hydrogens is 340 g/mol. The Morgan fingerprint density at radius 2 is 2.19 bits per heavy atom. The molecule has 3 aromatic rings. The molecule has 7 nitrogen and oxygen atoms in total. The Labute approximate surface area is 127 Å². The van der Waals surface area contributed by atoms with Crippen molar-refractivity contribution in [3.05, 3.63) is 46.3 Å². The molecule has 0 radical (unpaired) electrons. The molecule has 0 amide bonds. The lowest BCUT2D eigenvalue weighted by atomic mass is 10.2. The summed E-state index contributed by atoms with van der Waals surface area (Å²) in [5, 5.41) is 13.3. The van der Waals surface area contributed by atoms with Crippen molar-refractivity contribution in [3.63, 3.8) is 0 Å². The second-order valence-electron chi connectivity index (χ2n) is 4.26. The van der Waals surface area contributed by atoms with E-state index in [0.717, 1.165) is 0 Å². The van der Waals surface area contributed by atoms with Gasteiger partial charge in [0.25, 0.3) is 5.78 Å². The van der Waals surface area contributed by atoms with Crippen molar-refractivity contribution >= 4 is 27.7 Å². The van der Waals surface area contributed by atoms with Crippen molar-refractivity contribution in [2.75, 3.05) is 0 Å². The van der Waals surface area contributed by atoms with Crippen molar-refractivity contribution in [2.24, 2.45) is 0 Å². The number of aryl methyl sites for hydroxylation is 1. The molecule has 106 valence electrons. The molecule has 0 bridgehead atoms. The van der Waals surface area contributed by atoms with E-state index in [-0.39, 0.29) is 11.3 Å². The van der Waals surface area contributed by atoms with Gasteiger partial charge in [-0.2, -0.15) is 14.6 Å². The number of benzene rings is 1. The Hall–Kier alpha value is -2.48. The second-order valence-corrected chi connectivity index (χ2v) is 5.17. The van der Waals surface area contributed by atoms with Gasteiger partial charge in [-0.25, -0.2) is 9.78 Å². The van der Waals surface area contributed by atoms with Crippen LogP contribution in [0.3, 0.4) is 0 Å². The highest BCUT2D eigenvalue weighted by Gasteiger charge is 2.15. The fourth-order valence-electron chi connectivity index (χ4n) is 1.84. The first-order valence-electron chi connectivity index (χ1n) is 5.92. The number of aromatic nitrogens is 4. The first-order chi connectivity index (χ1) is 10.0. The lowest BCUT2D eigenvalue weighted by molar-refractivity contribution is 0.0694. The molecular formula is C13H9BrN4O3. The zero-order chi connectivity index (χ0) is 15.0. The van der Waals surface area contributed by atoms with Crippen molar-refractivity contribution in [1.82, 2.24) is 19.6 Å². The molecule has 0 unspecified atom stereocenters. The molecule has 21 heavy (non-hydrogen) atoms. The van der Waals surface area contributed by atoms with E-state index >= 15 is 0 Å². The Balaban J connectivity index is 2.10. The van der Waals surface area contributed by atoms with Crippen LogP contribution in [0, 0.1) is 6.92 Å². The molecule has 3 rings (SSSR count). The maximum Gasteiger partial charge on any atom is 0.339 e. The summed E-state index contributed by atoms with van der Waals surface area (Å²) >= 11 is 3.24. The Morgan fingerprint density at radius 1 is 1.38 bits per heavy atom. The van der Waals surface area contributed by atoms with E-state index in [9.17, 15) is 9.90 Å². The van der Waals surface area contributed by atoms with Gasteiger partial charge in [0.1, 0.15) is 17.6 Å². The summed E-state index contributed by atoms with van der Waals surface area (Å²) in [5.74, 6) is -0.126. The topological polar surface area (TPSA) is 89.6 Å². The first-order valence-corrected chi connectivity index (χ1v) is 6.72. The van der Waals surface area contributed by atoms with Crippen LogP contribution in [-0.2, 0) is 0 Å². The van der Waals surface area contributed by atoms with E-state index in [2.05, 4.69) is 31.0 Å². The Morgan fingerprint density at radius 3 is 2.95 bits per heavy atom. The number of rotatable bonds is 3. The summed E-state index contributed by atoms with van der Waals surface area (Å²) < 4.78 is 7.76. The molecule has 0 aliphatic carbocycles. The fourth-order valence-corrected chi connectivity index (χ4v) is 2.20. The molecule has 0 atom stereocenters. The lowest BCUT2D eigenvalue weighted by Crippen LogP contribution is -2.03. The number of nitrogens with zero attached hydrogens (tertiary/aromatic N) is 4. The summed E-state index contributed by atoms with van der Waals surface area (Å²) in [6.45, 7) is 1.79.